The van der Waals surface area contributed by atoms with Gasteiger partial charge in [-0.05, 0) is 46.8 Å². The van der Waals surface area contributed by atoms with Gasteiger partial charge in [0.15, 0.2) is 6.29 Å². The van der Waals surface area contributed by atoms with E-state index in [4.69, 9.17) is 19.5 Å². The van der Waals surface area contributed by atoms with Crippen molar-refractivity contribution in [2.75, 3.05) is 19.8 Å². The van der Waals surface area contributed by atoms with E-state index in [1.54, 1.807) is 6.07 Å². The Bertz CT molecular complexity index is 467. The summed E-state index contributed by atoms with van der Waals surface area (Å²) < 4.78 is 17.4. The molecule has 1 aliphatic rings. The minimum absolute atomic E-state index is 0.0685. The smallest absolute Gasteiger partial charge is 0.157 e. The molecule has 0 aromatic heterocycles. The third-order valence-electron chi connectivity index (χ3n) is 3.13. The SMILES string of the molecule is N#Cc1cccc(COCCOC2CCCCO2)c1Br. The minimum atomic E-state index is -0.0685. The van der Waals surface area contributed by atoms with Crippen molar-refractivity contribution in [2.24, 2.45) is 0 Å². The fourth-order valence-electron chi connectivity index (χ4n) is 2.04. The highest BCUT2D eigenvalue weighted by molar-refractivity contribution is 9.10. The Hall–Kier alpha value is -0.930. The molecule has 0 N–H and O–H groups in total. The van der Waals surface area contributed by atoms with Gasteiger partial charge in [0.25, 0.3) is 0 Å². The van der Waals surface area contributed by atoms with E-state index in [-0.39, 0.29) is 6.29 Å². The van der Waals surface area contributed by atoms with Gasteiger partial charge in [-0.25, -0.2) is 0 Å². The first-order valence-corrected chi connectivity index (χ1v) is 7.59. The quantitative estimate of drug-likeness (QED) is 0.745. The average molecular weight is 340 g/mol. The van der Waals surface area contributed by atoms with Crippen molar-refractivity contribution >= 4 is 15.9 Å². The number of nitrogens with zero attached hydrogens (tertiary/aromatic N) is 1. The molecule has 1 fully saturated rings. The van der Waals surface area contributed by atoms with Gasteiger partial charge in [-0.3, -0.25) is 0 Å². The van der Waals surface area contributed by atoms with Crippen LogP contribution in [0.5, 0.6) is 0 Å². The van der Waals surface area contributed by atoms with Crippen LogP contribution >= 0.6 is 15.9 Å². The molecule has 0 spiro atoms. The van der Waals surface area contributed by atoms with E-state index < -0.39 is 0 Å². The van der Waals surface area contributed by atoms with Gasteiger partial charge in [-0.15, -0.1) is 0 Å². The van der Waals surface area contributed by atoms with Crippen molar-refractivity contribution < 1.29 is 14.2 Å². The van der Waals surface area contributed by atoms with Crippen LogP contribution in [0.25, 0.3) is 0 Å². The first-order valence-electron chi connectivity index (χ1n) is 6.79. The van der Waals surface area contributed by atoms with Gasteiger partial charge < -0.3 is 14.2 Å². The second-order valence-corrected chi connectivity index (χ2v) is 5.40. The number of nitriles is 1. The molecule has 1 unspecified atom stereocenters. The highest BCUT2D eigenvalue weighted by Crippen LogP contribution is 2.21. The van der Waals surface area contributed by atoms with Gasteiger partial charge in [0, 0.05) is 11.1 Å². The van der Waals surface area contributed by atoms with Gasteiger partial charge in [0.1, 0.15) is 6.07 Å². The average Bonchev–Trinajstić information content (AvgIpc) is 2.49. The van der Waals surface area contributed by atoms with Crippen molar-refractivity contribution in [1.29, 1.82) is 5.26 Å². The molecular weight excluding hydrogens is 322 g/mol. The van der Waals surface area contributed by atoms with E-state index in [1.165, 1.54) is 6.42 Å². The van der Waals surface area contributed by atoms with Crippen LogP contribution in [0.1, 0.15) is 30.4 Å². The van der Waals surface area contributed by atoms with Gasteiger partial charge in [-0.1, -0.05) is 12.1 Å². The number of hydrogen-bond acceptors (Lipinski definition) is 4. The molecule has 4 nitrogen and oxygen atoms in total. The molecule has 1 aliphatic heterocycles. The number of halogens is 1. The zero-order chi connectivity index (χ0) is 14.2. The predicted molar refractivity (Wildman–Crippen MR) is 78.1 cm³/mol. The van der Waals surface area contributed by atoms with E-state index in [9.17, 15) is 0 Å². The molecule has 108 valence electrons. The first-order chi connectivity index (χ1) is 9.81. The van der Waals surface area contributed by atoms with Crippen molar-refractivity contribution in [3.8, 4) is 6.07 Å². The van der Waals surface area contributed by atoms with E-state index >= 15 is 0 Å². The Kier molecular flexibility index (Phi) is 6.48. The zero-order valence-electron chi connectivity index (χ0n) is 11.3. The summed E-state index contributed by atoms with van der Waals surface area (Å²) in [6, 6.07) is 7.71. The van der Waals surface area contributed by atoms with Gasteiger partial charge in [0.05, 0.1) is 25.4 Å². The Labute approximate surface area is 127 Å². The lowest BCUT2D eigenvalue weighted by atomic mass is 10.1. The molecule has 1 heterocycles. The van der Waals surface area contributed by atoms with Gasteiger partial charge >= 0.3 is 0 Å². The lowest BCUT2D eigenvalue weighted by molar-refractivity contribution is -0.169. The summed E-state index contributed by atoms with van der Waals surface area (Å²) in [5.74, 6) is 0. The van der Waals surface area contributed by atoms with Crippen LogP contribution in [-0.2, 0) is 20.8 Å². The standard InChI is InChI=1S/C15H18BrNO3/c16-15-12(10-17)4-3-5-13(15)11-18-8-9-20-14-6-1-2-7-19-14/h3-5,14H,1-2,6-9,11H2. The number of rotatable bonds is 6. The van der Waals surface area contributed by atoms with Crippen molar-refractivity contribution in [1.82, 2.24) is 0 Å². The molecule has 0 saturated carbocycles. The van der Waals surface area contributed by atoms with Crippen LogP contribution < -0.4 is 0 Å². The molecular formula is C15H18BrNO3. The lowest BCUT2D eigenvalue weighted by Gasteiger charge is -2.22. The van der Waals surface area contributed by atoms with Crippen molar-refractivity contribution in [3.05, 3.63) is 33.8 Å². The van der Waals surface area contributed by atoms with Gasteiger partial charge in [-0.2, -0.15) is 5.26 Å². The van der Waals surface area contributed by atoms with Crippen LogP contribution in [0, 0.1) is 11.3 Å². The fraction of sp³-hybridized carbons (Fsp3) is 0.533. The molecule has 0 radical (unpaired) electrons. The molecule has 1 aromatic carbocycles. The lowest BCUT2D eigenvalue weighted by Crippen LogP contribution is -2.23. The number of hydrogen-bond donors (Lipinski definition) is 0. The number of ether oxygens (including phenoxy) is 3. The Morgan fingerprint density at radius 1 is 1.35 bits per heavy atom. The summed E-state index contributed by atoms with van der Waals surface area (Å²) in [4.78, 5) is 0. The second-order valence-electron chi connectivity index (χ2n) is 4.61. The minimum Gasteiger partial charge on any atom is -0.374 e. The summed E-state index contributed by atoms with van der Waals surface area (Å²) in [7, 11) is 0. The molecule has 5 heteroatoms. The number of benzene rings is 1. The van der Waals surface area contributed by atoms with E-state index in [1.807, 2.05) is 12.1 Å². The highest BCUT2D eigenvalue weighted by Gasteiger charge is 2.13. The molecule has 1 saturated heterocycles. The zero-order valence-corrected chi connectivity index (χ0v) is 12.9. The molecule has 2 rings (SSSR count). The summed E-state index contributed by atoms with van der Waals surface area (Å²) >= 11 is 3.42. The summed E-state index contributed by atoms with van der Waals surface area (Å²) in [5, 5.41) is 8.94. The Morgan fingerprint density at radius 3 is 3.00 bits per heavy atom. The molecule has 1 aromatic rings. The Morgan fingerprint density at radius 2 is 2.25 bits per heavy atom. The van der Waals surface area contributed by atoms with Crippen LogP contribution in [0.4, 0.5) is 0 Å². The normalized spacial score (nSPS) is 18.7. The van der Waals surface area contributed by atoms with Crippen LogP contribution in [0.2, 0.25) is 0 Å². The molecule has 20 heavy (non-hydrogen) atoms. The summed E-state index contributed by atoms with van der Waals surface area (Å²) in [5.41, 5.74) is 1.59. The van der Waals surface area contributed by atoms with E-state index in [2.05, 4.69) is 22.0 Å². The van der Waals surface area contributed by atoms with Crippen molar-refractivity contribution in [3.63, 3.8) is 0 Å². The maximum absolute atomic E-state index is 8.94. The molecule has 0 amide bonds. The van der Waals surface area contributed by atoms with Crippen LogP contribution in [-0.4, -0.2) is 26.1 Å². The van der Waals surface area contributed by atoms with Crippen LogP contribution in [0.15, 0.2) is 22.7 Å². The Balaban J connectivity index is 1.67. The first kappa shape index (κ1) is 15.5. The predicted octanol–water partition coefficient (Wildman–Crippen LogP) is 3.38. The van der Waals surface area contributed by atoms with E-state index in [0.29, 0.717) is 25.4 Å². The third-order valence-corrected chi connectivity index (χ3v) is 4.06. The van der Waals surface area contributed by atoms with Crippen molar-refractivity contribution in [2.45, 2.75) is 32.2 Å². The fourth-order valence-corrected chi connectivity index (χ4v) is 2.51. The summed E-state index contributed by atoms with van der Waals surface area (Å²) in [6.45, 7) is 2.30. The second kappa shape index (κ2) is 8.38. The maximum Gasteiger partial charge on any atom is 0.157 e. The third kappa shape index (κ3) is 4.57. The largest absolute Gasteiger partial charge is 0.374 e. The molecule has 0 aliphatic carbocycles. The molecule has 0 bridgehead atoms. The highest BCUT2D eigenvalue weighted by atomic mass is 79.9. The monoisotopic (exact) mass is 339 g/mol. The van der Waals surface area contributed by atoms with Gasteiger partial charge in [0.2, 0.25) is 0 Å². The summed E-state index contributed by atoms with van der Waals surface area (Å²) in [6.07, 6.45) is 3.19. The molecule has 1 atom stereocenters. The maximum atomic E-state index is 8.94. The van der Waals surface area contributed by atoms with Crippen LogP contribution in [0.3, 0.4) is 0 Å². The van der Waals surface area contributed by atoms with E-state index in [0.717, 1.165) is 29.5 Å². The topological polar surface area (TPSA) is 51.5 Å².